The van der Waals surface area contributed by atoms with Crippen LogP contribution in [0.4, 0.5) is 0 Å². The minimum atomic E-state index is -0.200. The minimum absolute atomic E-state index is 0.0935. The second-order valence-corrected chi connectivity index (χ2v) is 5.62. The van der Waals surface area contributed by atoms with Crippen molar-refractivity contribution in [3.05, 3.63) is 21.9 Å². The Balaban J connectivity index is 1.93. The van der Waals surface area contributed by atoms with E-state index in [0.29, 0.717) is 22.9 Å². The van der Waals surface area contributed by atoms with E-state index in [1.807, 2.05) is 5.38 Å². The van der Waals surface area contributed by atoms with E-state index in [1.165, 1.54) is 11.3 Å². The molecule has 2 atom stereocenters. The van der Waals surface area contributed by atoms with Crippen LogP contribution in [0.25, 0.3) is 0 Å². The third-order valence-electron chi connectivity index (χ3n) is 3.45. The number of aliphatic hydroxyl groups is 1. The number of nitrogens with one attached hydrogen (secondary N) is 1. The molecule has 2 unspecified atom stereocenters. The van der Waals surface area contributed by atoms with Crippen molar-refractivity contribution in [1.29, 1.82) is 0 Å². The zero-order valence-corrected chi connectivity index (χ0v) is 12.3. The molecule has 5 heteroatoms. The Morgan fingerprint density at radius 2 is 2.50 bits per heavy atom. The molecule has 1 fully saturated rings. The Bertz CT molecular complexity index is 515. The molecule has 1 aliphatic rings. The first-order valence-electron chi connectivity index (χ1n) is 6.83. The predicted octanol–water partition coefficient (Wildman–Crippen LogP) is 1.64. The summed E-state index contributed by atoms with van der Waals surface area (Å²) in [4.78, 5) is 12.8. The van der Waals surface area contributed by atoms with Crippen molar-refractivity contribution in [2.45, 2.75) is 25.9 Å². The van der Waals surface area contributed by atoms with Crippen molar-refractivity contribution in [2.75, 3.05) is 19.8 Å². The topological polar surface area (TPSA) is 58.6 Å². The van der Waals surface area contributed by atoms with Gasteiger partial charge in [0.1, 0.15) is 11.5 Å². The van der Waals surface area contributed by atoms with Crippen molar-refractivity contribution >= 4 is 17.2 Å². The number of hydrogen-bond acceptors (Lipinski definition) is 4. The summed E-state index contributed by atoms with van der Waals surface area (Å²) in [6, 6.07) is 1.80. The van der Waals surface area contributed by atoms with Gasteiger partial charge in [-0.15, -0.1) is 11.3 Å². The molecule has 0 bridgehead atoms. The minimum Gasteiger partial charge on any atom is -0.384 e. The summed E-state index contributed by atoms with van der Waals surface area (Å²) in [6.45, 7) is 3.33. The smallest absolute Gasteiger partial charge is 0.262 e. The van der Waals surface area contributed by atoms with E-state index in [0.717, 1.165) is 19.4 Å². The number of carbonyl (C=O) groups is 1. The van der Waals surface area contributed by atoms with Crippen molar-refractivity contribution in [3.63, 3.8) is 0 Å². The van der Waals surface area contributed by atoms with E-state index >= 15 is 0 Å². The number of carbonyl (C=O) groups excluding carboxylic acids is 1. The highest BCUT2D eigenvalue weighted by atomic mass is 32.1. The van der Waals surface area contributed by atoms with Gasteiger partial charge in [0, 0.05) is 24.6 Å². The largest absolute Gasteiger partial charge is 0.384 e. The van der Waals surface area contributed by atoms with Crippen molar-refractivity contribution in [1.82, 2.24) is 5.32 Å². The summed E-state index contributed by atoms with van der Waals surface area (Å²) < 4.78 is 5.62. The highest BCUT2D eigenvalue weighted by Gasteiger charge is 2.27. The molecule has 4 nitrogen and oxygen atoms in total. The van der Waals surface area contributed by atoms with Crippen LogP contribution in [0.1, 0.15) is 35.0 Å². The lowest BCUT2D eigenvalue weighted by Gasteiger charge is -2.17. The molecule has 1 aromatic heterocycles. The molecule has 1 amide bonds. The van der Waals surface area contributed by atoms with Crippen LogP contribution in [0.3, 0.4) is 0 Å². The van der Waals surface area contributed by atoms with Gasteiger partial charge in [-0.25, -0.2) is 0 Å². The lowest BCUT2D eigenvalue weighted by atomic mass is 10.00. The van der Waals surface area contributed by atoms with Gasteiger partial charge in [-0.1, -0.05) is 18.8 Å². The molecule has 2 heterocycles. The zero-order valence-electron chi connectivity index (χ0n) is 11.5. The van der Waals surface area contributed by atoms with Crippen molar-refractivity contribution in [2.24, 2.45) is 5.92 Å². The Kier molecular flexibility index (Phi) is 5.60. The maximum Gasteiger partial charge on any atom is 0.262 e. The number of rotatable bonds is 4. The monoisotopic (exact) mass is 293 g/mol. The van der Waals surface area contributed by atoms with Gasteiger partial charge in [0.05, 0.1) is 6.10 Å². The number of amides is 1. The van der Waals surface area contributed by atoms with E-state index in [1.54, 1.807) is 6.07 Å². The number of ether oxygens (including phenoxy) is 1. The van der Waals surface area contributed by atoms with Gasteiger partial charge in [0.2, 0.25) is 0 Å². The van der Waals surface area contributed by atoms with E-state index < -0.39 is 0 Å². The van der Waals surface area contributed by atoms with Crippen LogP contribution in [0.5, 0.6) is 0 Å². The Hall–Kier alpha value is -1.35. The maximum atomic E-state index is 12.2. The fourth-order valence-corrected chi connectivity index (χ4v) is 3.17. The fraction of sp³-hybridized carbons (Fsp3) is 0.533. The normalized spacial score (nSPS) is 21.3. The van der Waals surface area contributed by atoms with Crippen molar-refractivity contribution < 1.29 is 14.6 Å². The maximum absolute atomic E-state index is 12.2. The summed E-state index contributed by atoms with van der Waals surface area (Å²) in [5, 5.41) is 13.5. The van der Waals surface area contributed by atoms with Crippen LogP contribution in [0.2, 0.25) is 0 Å². The molecule has 1 aromatic rings. The standard InChI is InChI=1S/C15H19NO3S/c1-2-13-12(5-8-19-13)10-16-15(18)14-11(4-3-7-17)6-9-20-14/h6,9,12-13,17H,2,5,7-8,10H2,1H3,(H,16,18). The summed E-state index contributed by atoms with van der Waals surface area (Å²) in [5.41, 5.74) is 0.677. The molecule has 1 aliphatic heterocycles. The molecule has 1 saturated heterocycles. The third-order valence-corrected chi connectivity index (χ3v) is 4.36. The Morgan fingerprint density at radius 1 is 1.65 bits per heavy atom. The predicted molar refractivity (Wildman–Crippen MR) is 78.8 cm³/mol. The lowest BCUT2D eigenvalue weighted by molar-refractivity contribution is 0.0828. The molecule has 0 saturated carbocycles. The summed E-state index contributed by atoms with van der Waals surface area (Å²) in [5.74, 6) is 5.67. The van der Waals surface area contributed by atoms with Gasteiger partial charge in [0.15, 0.2) is 0 Å². The highest BCUT2D eigenvalue weighted by Crippen LogP contribution is 2.23. The SMILES string of the molecule is CCC1OCCC1CNC(=O)c1sccc1C#CCO. The van der Waals surface area contributed by atoms with Gasteiger partial charge in [-0.3, -0.25) is 4.79 Å². The quantitative estimate of drug-likeness (QED) is 0.830. The number of hydrogen-bond donors (Lipinski definition) is 2. The molecule has 0 aromatic carbocycles. The molecular formula is C15H19NO3S. The summed E-state index contributed by atoms with van der Waals surface area (Å²) in [7, 11) is 0. The van der Waals surface area contributed by atoms with Gasteiger partial charge in [-0.2, -0.15) is 0 Å². The van der Waals surface area contributed by atoms with Crippen molar-refractivity contribution in [3.8, 4) is 11.8 Å². The molecule has 2 rings (SSSR count). The second kappa shape index (κ2) is 7.44. The second-order valence-electron chi connectivity index (χ2n) is 4.70. The van der Waals surface area contributed by atoms with Crippen LogP contribution in [-0.2, 0) is 4.74 Å². The molecule has 0 aliphatic carbocycles. The fourth-order valence-electron chi connectivity index (χ4n) is 2.40. The van der Waals surface area contributed by atoms with Crippen LogP contribution in [-0.4, -0.2) is 36.9 Å². The molecule has 0 radical (unpaired) electrons. The molecule has 108 valence electrons. The third kappa shape index (κ3) is 3.60. The Morgan fingerprint density at radius 3 is 3.25 bits per heavy atom. The van der Waals surface area contributed by atoms with Crippen LogP contribution < -0.4 is 5.32 Å². The van der Waals surface area contributed by atoms with E-state index in [-0.39, 0.29) is 18.6 Å². The van der Waals surface area contributed by atoms with Gasteiger partial charge in [-0.05, 0) is 24.3 Å². The van der Waals surface area contributed by atoms with Crippen LogP contribution in [0.15, 0.2) is 11.4 Å². The highest BCUT2D eigenvalue weighted by molar-refractivity contribution is 7.12. The van der Waals surface area contributed by atoms with Gasteiger partial charge >= 0.3 is 0 Å². The van der Waals surface area contributed by atoms with E-state index in [9.17, 15) is 4.79 Å². The first kappa shape index (κ1) is 15.0. The first-order valence-corrected chi connectivity index (χ1v) is 7.71. The summed E-state index contributed by atoms with van der Waals surface area (Å²) in [6.07, 6.45) is 2.24. The average Bonchev–Trinajstić information content (AvgIpc) is 3.10. The first-order chi connectivity index (χ1) is 9.76. The Labute approximate surface area is 123 Å². The number of aliphatic hydroxyl groups excluding tert-OH is 1. The lowest BCUT2D eigenvalue weighted by Crippen LogP contribution is -2.32. The van der Waals surface area contributed by atoms with Crippen LogP contribution in [0, 0.1) is 17.8 Å². The van der Waals surface area contributed by atoms with Gasteiger partial charge < -0.3 is 15.2 Å². The molecule has 20 heavy (non-hydrogen) atoms. The van der Waals surface area contributed by atoms with E-state index in [2.05, 4.69) is 24.1 Å². The molecule has 2 N–H and O–H groups in total. The number of thiophene rings is 1. The van der Waals surface area contributed by atoms with E-state index in [4.69, 9.17) is 9.84 Å². The summed E-state index contributed by atoms with van der Waals surface area (Å²) >= 11 is 1.37. The molecular weight excluding hydrogens is 274 g/mol. The average molecular weight is 293 g/mol. The van der Waals surface area contributed by atoms with Gasteiger partial charge in [0.25, 0.3) is 5.91 Å². The van der Waals surface area contributed by atoms with Crippen LogP contribution >= 0.6 is 11.3 Å². The molecule has 0 spiro atoms. The zero-order chi connectivity index (χ0) is 14.4.